The van der Waals surface area contributed by atoms with Gasteiger partial charge in [0, 0.05) is 7.05 Å². The number of carbonyl (C=O) groups excluding carboxylic acids is 1. The lowest BCUT2D eigenvalue weighted by atomic mass is 10.0. The number of carbonyl (C=O) groups is 1. The number of likely N-dealkylation sites (N-methyl/N-ethyl adjacent to an activating group) is 2. The quantitative estimate of drug-likeness (QED) is 0.839. The Morgan fingerprint density at radius 3 is 2.33 bits per heavy atom. The van der Waals surface area contributed by atoms with Crippen molar-refractivity contribution in [3.05, 3.63) is 29.3 Å². The summed E-state index contributed by atoms with van der Waals surface area (Å²) in [4.78, 5) is 14.0. The topological polar surface area (TPSA) is 41.6 Å². The molecule has 0 aliphatic carbocycles. The van der Waals surface area contributed by atoms with Crippen LogP contribution >= 0.6 is 0 Å². The van der Waals surface area contributed by atoms with Gasteiger partial charge in [0.15, 0.2) is 0 Å². The van der Waals surface area contributed by atoms with E-state index in [9.17, 15) is 4.79 Å². The summed E-state index contributed by atoms with van der Waals surface area (Å²) >= 11 is 0. The molecule has 21 heavy (non-hydrogen) atoms. The molecule has 0 unspecified atom stereocenters. The molecule has 0 spiro atoms. The summed E-state index contributed by atoms with van der Waals surface area (Å²) in [6.45, 7) is 11.7. The first-order chi connectivity index (χ1) is 9.76. The molecule has 0 aliphatic heterocycles. The van der Waals surface area contributed by atoms with Gasteiger partial charge in [-0.3, -0.25) is 4.79 Å². The Kier molecular flexibility index (Phi) is 6.21. The van der Waals surface area contributed by atoms with Crippen LogP contribution in [0.1, 0.15) is 31.9 Å². The van der Waals surface area contributed by atoms with E-state index < -0.39 is 5.54 Å². The van der Waals surface area contributed by atoms with E-state index >= 15 is 0 Å². The number of benzene rings is 1. The van der Waals surface area contributed by atoms with Gasteiger partial charge >= 0.3 is 0 Å². The van der Waals surface area contributed by atoms with Gasteiger partial charge < -0.3 is 15.0 Å². The molecule has 0 saturated heterocycles. The molecular formula is C17H28N2O2. The number of nitrogens with zero attached hydrogens (tertiary/aromatic N) is 1. The first-order valence-electron chi connectivity index (χ1n) is 7.48. The van der Waals surface area contributed by atoms with Gasteiger partial charge in [0.2, 0.25) is 5.91 Å². The van der Waals surface area contributed by atoms with Gasteiger partial charge in [-0.1, -0.05) is 13.0 Å². The third kappa shape index (κ3) is 5.38. The molecule has 0 saturated carbocycles. The highest BCUT2D eigenvalue weighted by Gasteiger charge is 2.28. The van der Waals surface area contributed by atoms with E-state index in [2.05, 4.69) is 25.2 Å². The van der Waals surface area contributed by atoms with Crippen LogP contribution in [0.15, 0.2) is 18.2 Å². The second-order valence-corrected chi connectivity index (χ2v) is 6.05. The zero-order chi connectivity index (χ0) is 16.0. The van der Waals surface area contributed by atoms with Crippen molar-refractivity contribution in [2.24, 2.45) is 0 Å². The number of aryl methyl sites for hydroxylation is 2. The number of ether oxygens (including phenoxy) is 1. The van der Waals surface area contributed by atoms with Crippen molar-refractivity contribution in [2.75, 3.05) is 26.7 Å². The highest BCUT2D eigenvalue weighted by Crippen LogP contribution is 2.16. The lowest BCUT2D eigenvalue weighted by molar-refractivity contribution is -0.136. The van der Waals surface area contributed by atoms with Gasteiger partial charge in [0.25, 0.3) is 0 Å². The van der Waals surface area contributed by atoms with Gasteiger partial charge in [-0.05, 0) is 57.5 Å². The number of nitrogens with one attached hydrogen (secondary N) is 1. The van der Waals surface area contributed by atoms with Gasteiger partial charge in [-0.15, -0.1) is 0 Å². The average Bonchev–Trinajstić information content (AvgIpc) is 2.36. The Bertz CT molecular complexity index is 463. The van der Waals surface area contributed by atoms with E-state index in [-0.39, 0.29) is 5.91 Å². The molecule has 0 aliphatic rings. The molecule has 4 nitrogen and oxygen atoms in total. The minimum atomic E-state index is -0.538. The third-order valence-corrected chi connectivity index (χ3v) is 3.39. The van der Waals surface area contributed by atoms with Crippen molar-refractivity contribution in [2.45, 2.75) is 40.2 Å². The Morgan fingerprint density at radius 1 is 1.24 bits per heavy atom. The van der Waals surface area contributed by atoms with Crippen LogP contribution in [0.25, 0.3) is 0 Å². The molecule has 0 atom stereocenters. The third-order valence-electron chi connectivity index (χ3n) is 3.39. The minimum Gasteiger partial charge on any atom is -0.492 e. The summed E-state index contributed by atoms with van der Waals surface area (Å²) in [5.41, 5.74) is 1.83. The fraction of sp³-hybridized carbons (Fsp3) is 0.588. The van der Waals surface area contributed by atoms with Crippen LogP contribution < -0.4 is 10.1 Å². The van der Waals surface area contributed by atoms with E-state index in [0.29, 0.717) is 13.2 Å². The highest BCUT2D eigenvalue weighted by molar-refractivity contribution is 5.85. The van der Waals surface area contributed by atoms with E-state index in [1.165, 1.54) is 11.1 Å². The van der Waals surface area contributed by atoms with Gasteiger partial charge in [0.1, 0.15) is 12.4 Å². The van der Waals surface area contributed by atoms with E-state index in [1.54, 1.807) is 4.90 Å². The Hall–Kier alpha value is -1.55. The lowest BCUT2D eigenvalue weighted by Crippen LogP contribution is -2.53. The first kappa shape index (κ1) is 17.5. The zero-order valence-corrected chi connectivity index (χ0v) is 14.1. The fourth-order valence-electron chi connectivity index (χ4n) is 2.41. The van der Waals surface area contributed by atoms with Crippen molar-refractivity contribution >= 4 is 5.91 Å². The van der Waals surface area contributed by atoms with Crippen LogP contribution in [0.3, 0.4) is 0 Å². The summed E-state index contributed by atoms with van der Waals surface area (Å²) in [6, 6.07) is 6.14. The lowest BCUT2D eigenvalue weighted by Gasteiger charge is -2.30. The second kappa shape index (κ2) is 7.46. The molecule has 0 aromatic heterocycles. The normalized spacial score (nSPS) is 11.3. The summed E-state index contributed by atoms with van der Waals surface area (Å²) in [7, 11) is 1.81. The molecule has 1 amide bonds. The summed E-state index contributed by atoms with van der Waals surface area (Å²) < 4.78 is 5.75. The van der Waals surface area contributed by atoms with Gasteiger partial charge in [-0.25, -0.2) is 0 Å². The van der Waals surface area contributed by atoms with Crippen molar-refractivity contribution < 1.29 is 9.53 Å². The maximum Gasteiger partial charge on any atom is 0.242 e. The molecule has 4 heteroatoms. The molecule has 0 heterocycles. The molecule has 1 aromatic carbocycles. The average molecular weight is 292 g/mol. The van der Waals surface area contributed by atoms with Gasteiger partial charge in [0.05, 0.1) is 12.1 Å². The maximum absolute atomic E-state index is 12.3. The Labute approximate surface area is 128 Å². The smallest absolute Gasteiger partial charge is 0.242 e. The zero-order valence-electron chi connectivity index (χ0n) is 14.1. The van der Waals surface area contributed by atoms with Crippen LogP contribution in [-0.4, -0.2) is 43.1 Å². The van der Waals surface area contributed by atoms with Crippen molar-refractivity contribution in [3.63, 3.8) is 0 Å². The predicted octanol–water partition coefficient (Wildman–Crippen LogP) is 2.53. The summed E-state index contributed by atoms with van der Waals surface area (Å²) in [6.07, 6.45) is 0. The first-order valence-corrected chi connectivity index (χ1v) is 7.48. The highest BCUT2D eigenvalue weighted by atomic mass is 16.5. The molecule has 0 fully saturated rings. The molecule has 1 rings (SSSR count). The van der Waals surface area contributed by atoms with E-state index in [4.69, 9.17) is 4.74 Å². The molecule has 0 radical (unpaired) electrons. The van der Waals surface area contributed by atoms with Crippen LogP contribution in [0, 0.1) is 13.8 Å². The van der Waals surface area contributed by atoms with Crippen molar-refractivity contribution in [3.8, 4) is 5.75 Å². The van der Waals surface area contributed by atoms with Crippen molar-refractivity contribution in [1.82, 2.24) is 10.2 Å². The van der Waals surface area contributed by atoms with Crippen LogP contribution in [0.4, 0.5) is 0 Å². The van der Waals surface area contributed by atoms with E-state index in [0.717, 1.165) is 12.3 Å². The van der Waals surface area contributed by atoms with Crippen LogP contribution in [-0.2, 0) is 4.79 Å². The number of rotatable bonds is 7. The molecule has 0 bridgehead atoms. The van der Waals surface area contributed by atoms with Crippen LogP contribution in [0.5, 0.6) is 5.75 Å². The standard InChI is InChI=1S/C17H28N2O2/c1-7-18-17(4,5)16(20)19(6)8-9-21-15-11-13(2)10-14(3)12-15/h10-12,18H,7-9H2,1-6H3. The Balaban J connectivity index is 2.49. The van der Waals surface area contributed by atoms with Crippen LogP contribution in [0.2, 0.25) is 0 Å². The van der Waals surface area contributed by atoms with E-state index in [1.807, 2.05) is 40.0 Å². The summed E-state index contributed by atoms with van der Waals surface area (Å²) in [5, 5.41) is 3.19. The summed E-state index contributed by atoms with van der Waals surface area (Å²) in [5.74, 6) is 0.938. The number of hydrogen-bond donors (Lipinski definition) is 1. The second-order valence-electron chi connectivity index (χ2n) is 6.05. The molecule has 1 N–H and O–H groups in total. The largest absolute Gasteiger partial charge is 0.492 e. The number of hydrogen-bond acceptors (Lipinski definition) is 3. The maximum atomic E-state index is 12.3. The number of amides is 1. The monoisotopic (exact) mass is 292 g/mol. The SMILES string of the molecule is CCNC(C)(C)C(=O)N(C)CCOc1cc(C)cc(C)c1. The van der Waals surface area contributed by atoms with Gasteiger partial charge in [-0.2, -0.15) is 0 Å². The minimum absolute atomic E-state index is 0.0772. The fourth-order valence-corrected chi connectivity index (χ4v) is 2.41. The predicted molar refractivity (Wildman–Crippen MR) is 86.8 cm³/mol. The molecule has 1 aromatic rings. The molecule has 118 valence electrons. The molecular weight excluding hydrogens is 264 g/mol. The Morgan fingerprint density at radius 2 is 1.81 bits per heavy atom. The van der Waals surface area contributed by atoms with Crippen molar-refractivity contribution in [1.29, 1.82) is 0 Å².